The van der Waals surface area contributed by atoms with Crippen LogP contribution in [0.2, 0.25) is 0 Å². The van der Waals surface area contributed by atoms with Crippen molar-refractivity contribution in [3.63, 3.8) is 0 Å². The van der Waals surface area contributed by atoms with Gasteiger partial charge in [-0.2, -0.15) is 0 Å². The molecule has 0 aliphatic carbocycles. The zero-order chi connectivity index (χ0) is 19.4. The summed E-state index contributed by atoms with van der Waals surface area (Å²) in [7, 11) is 0. The molecule has 0 saturated carbocycles. The standard InChI is InChI=1S/C20H26FN3O2S/c1-14(2)13-26-17-8-10-23(11-9-17)19(25)18-12-22-20(27-3)24(18)16-6-4-15(21)5-7-16/h4-7,12,14,17H,8-11,13H2,1-3H3. The fourth-order valence-corrected chi connectivity index (χ4v) is 3.73. The predicted octanol–water partition coefficient (Wildman–Crippen LogP) is 4.01. The van der Waals surface area contributed by atoms with E-state index in [4.69, 9.17) is 4.74 Å². The fraction of sp³-hybridized carbons (Fsp3) is 0.500. The minimum atomic E-state index is -0.305. The van der Waals surface area contributed by atoms with E-state index in [2.05, 4.69) is 18.8 Å². The summed E-state index contributed by atoms with van der Waals surface area (Å²) in [5.74, 6) is 0.162. The van der Waals surface area contributed by atoms with Crippen molar-refractivity contribution in [2.24, 2.45) is 5.92 Å². The van der Waals surface area contributed by atoms with Gasteiger partial charge in [0.25, 0.3) is 5.91 Å². The van der Waals surface area contributed by atoms with Gasteiger partial charge in [0.15, 0.2) is 5.16 Å². The Morgan fingerprint density at radius 3 is 2.56 bits per heavy atom. The molecule has 5 nitrogen and oxygen atoms in total. The molecule has 146 valence electrons. The first-order valence-corrected chi connectivity index (χ1v) is 10.5. The van der Waals surface area contributed by atoms with Crippen LogP contribution < -0.4 is 0 Å². The minimum Gasteiger partial charge on any atom is -0.378 e. The van der Waals surface area contributed by atoms with Crippen LogP contribution in [0.5, 0.6) is 0 Å². The highest BCUT2D eigenvalue weighted by atomic mass is 32.2. The summed E-state index contributed by atoms with van der Waals surface area (Å²) in [4.78, 5) is 19.3. The van der Waals surface area contributed by atoms with E-state index < -0.39 is 0 Å². The van der Waals surface area contributed by atoms with Crippen LogP contribution in [-0.2, 0) is 4.74 Å². The molecule has 0 spiro atoms. The maximum absolute atomic E-state index is 13.3. The Morgan fingerprint density at radius 2 is 1.96 bits per heavy atom. The van der Waals surface area contributed by atoms with Gasteiger partial charge in [0, 0.05) is 25.4 Å². The number of nitrogens with zero attached hydrogens (tertiary/aromatic N) is 3. The molecular formula is C20H26FN3O2S. The molecule has 1 aromatic heterocycles. The Hall–Kier alpha value is -1.86. The highest BCUT2D eigenvalue weighted by Crippen LogP contribution is 2.24. The van der Waals surface area contributed by atoms with E-state index in [1.165, 1.54) is 23.9 Å². The molecule has 7 heteroatoms. The van der Waals surface area contributed by atoms with E-state index in [-0.39, 0.29) is 17.8 Å². The average molecular weight is 392 g/mol. The van der Waals surface area contributed by atoms with E-state index in [9.17, 15) is 9.18 Å². The van der Waals surface area contributed by atoms with Crippen molar-refractivity contribution in [3.05, 3.63) is 42.0 Å². The number of imidazole rings is 1. The maximum Gasteiger partial charge on any atom is 0.272 e. The third-order valence-electron chi connectivity index (χ3n) is 4.61. The van der Waals surface area contributed by atoms with Crippen LogP contribution in [0, 0.1) is 11.7 Å². The summed E-state index contributed by atoms with van der Waals surface area (Å²) >= 11 is 1.46. The number of hydrogen-bond acceptors (Lipinski definition) is 4. The molecule has 3 rings (SSSR count). The second-order valence-electron chi connectivity index (χ2n) is 7.16. The first kappa shape index (κ1) is 19.9. The normalized spacial score (nSPS) is 15.5. The molecule has 1 aliphatic heterocycles. The van der Waals surface area contributed by atoms with E-state index in [0.29, 0.717) is 29.9 Å². The number of ether oxygens (including phenoxy) is 1. The van der Waals surface area contributed by atoms with Gasteiger partial charge in [-0.1, -0.05) is 25.6 Å². The first-order chi connectivity index (χ1) is 13.0. The summed E-state index contributed by atoms with van der Waals surface area (Å²) in [5, 5.41) is 0.708. The number of aromatic nitrogens is 2. The quantitative estimate of drug-likeness (QED) is 0.698. The number of carbonyl (C=O) groups excluding carboxylic acids is 1. The third-order valence-corrected chi connectivity index (χ3v) is 5.26. The summed E-state index contributed by atoms with van der Waals surface area (Å²) in [6.45, 7) is 6.37. The van der Waals surface area contributed by atoms with E-state index in [0.717, 1.165) is 25.1 Å². The Bertz CT molecular complexity index is 768. The summed E-state index contributed by atoms with van der Waals surface area (Å²) in [6.07, 6.45) is 5.43. The number of thioether (sulfide) groups is 1. The molecule has 27 heavy (non-hydrogen) atoms. The molecule has 2 heterocycles. The smallest absolute Gasteiger partial charge is 0.272 e. The van der Waals surface area contributed by atoms with E-state index >= 15 is 0 Å². The van der Waals surface area contributed by atoms with Gasteiger partial charge in [0.05, 0.1) is 12.3 Å². The van der Waals surface area contributed by atoms with Crippen molar-refractivity contribution in [1.29, 1.82) is 0 Å². The van der Waals surface area contributed by atoms with Crippen molar-refractivity contribution >= 4 is 17.7 Å². The molecule has 1 aromatic carbocycles. The van der Waals surface area contributed by atoms with E-state index in [1.807, 2.05) is 11.2 Å². The first-order valence-electron chi connectivity index (χ1n) is 9.28. The highest BCUT2D eigenvalue weighted by Gasteiger charge is 2.27. The Kier molecular flexibility index (Phi) is 6.55. The lowest BCUT2D eigenvalue weighted by Gasteiger charge is -2.32. The highest BCUT2D eigenvalue weighted by molar-refractivity contribution is 7.98. The number of amides is 1. The Morgan fingerprint density at radius 1 is 1.30 bits per heavy atom. The van der Waals surface area contributed by atoms with Gasteiger partial charge >= 0.3 is 0 Å². The second kappa shape index (κ2) is 8.89. The minimum absolute atomic E-state index is 0.0468. The zero-order valence-electron chi connectivity index (χ0n) is 16.0. The van der Waals surface area contributed by atoms with E-state index in [1.54, 1.807) is 22.9 Å². The molecule has 0 radical (unpaired) electrons. The summed E-state index contributed by atoms with van der Waals surface area (Å²) < 4.78 is 21.0. The van der Waals surface area contributed by atoms with Gasteiger partial charge in [-0.25, -0.2) is 9.37 Å². The third kappa shape index (κ3) is 4.71. The van der Waals surface area contributed by atoms with Crippen LogP contribution in [0.15, 0.2) is 35.6 Å². The predicted molar refractivity (Wildman–Crippen MR) is 105 cm³/mol. The van der Waals surface area contributed by atoms with Crippen LogP contribution in [0.25, 0.3) is 5.69 Å². The lowest BCUT2D eigenvalue weighted by molar-refractivity contribution is -0.00248. The molecule has 0 bridgehead atoms. The topological polar surface area (TPSA) is 47.4 Å². The van der Waals surface area contributed by atoms with Crippen molar-refractivity contribution in [1.82, 2.24) is 14.5 Å². The van der Waals surface area contributed by atoms with Crippen molar-refractivity contribution < 1.29 is 13.9 Å². The lowest BCUT2D eigenvalue weighted by atomic mass is 10.1. The average Bonchev–Trinajstić information content (AvgIpc) is 3.11. The molecule has 1 aliphatic rings. The second-order valence-corrected chi connectivity index (χ2v) is 7.93. The van der Waals surface area contributed by atoms with Crippen molar-refractivity contribution in [2.45, 2.75) is 37.9 Å². The van der Waals surface area contributed by atoms with Crippen LogP contribution in [0.3, 0.4) is 0 Å². The van der Waals surface area contributed by atoms with Gasteiger partial charge in [-0.05, 0) is 49.3 Å². The molecule has 0 unspecified atom stereocenters. The molecular weight excluding hydrogens is 365 g/mol. The van der Waals surface area contributed by atoms with Gasteiger partial charge in [-0.15, -0.1) is 0 Å². The van der Waals surface area contributed by atoms with Crippen LogP contribution in [0.4, 0.5) is 4.39 Å². The number of halogens is 1. The number of likely N-dealkylation sites (tertiary alicyclic amines) is 1. The molecule has 1 fully saturated rings. The number of benzene rings is 1. The number of rotatable bonds is 6. The Balaban J connectivity index is 1.74. The molecule has 1 saturated heterocycles. The number of carbonyl (C=O) groups is 1. The van der Waals surface area contributed by atoms with Gasteiger partial charge in [0.2, 0.25) is 0 Å². The Labute approximate surface area is 163 Å². The fourth-order valence-electron chi connectivity index (χ4n) is 3.19. The molecule has 2 aromatic rings. The number of hydrogen-bond donors (Lipinski definition) is 0. The largest absolute Gasteiger partial charge is 0.378 e. The monoisotopic (exact) mass is 391 g/mol. The van der Waals surface area contributed by atoms with Gasteiger partial charge in [0.1, 0.15) is 11.5 Å². The van der Waals surface area contributed by atoms with Crippen molar-refractivity contribution in [2.75, 3.05) is 26.0 Å². The molecule has 1 amide bonds. The SMILES string of the molecule is CSc1ncc(C(=O)N2CCC(OCC(C)C)CC2)n1-c1ccc(F)cc1. The number of piperidine rings is 1. The van der Waals surface area contributed by atoms with Crippen LogP contribution >= 0.6 is 11.8 Å². The lowest BCUT2D eigenvalue weighted by Crippen LogP contribution is -2.41. The maximum atomic E-state index is 13.3. The van der Waals surface area contributed by atoms with Gasteiger partial charge in [-0.3, -0.25) is 9.36 Å². The van der Waals surface area contributed by atoms with Crippen molar-refractivity contribution in [3.8, 4) is 5.69 Å². The zero-order valence-corrected chi connectivity index (χ0v) is 16.8. The summed E-state index contributed by atoms with van der Waals surface area (Å²) in [5.41, 5.74) is 1.24. The van der Waals surface area contributed by atoms with Crippen LogP contribution in [-0.4, -0.2) is 52.4 Å². The van der Waals surface area contributed by atoms with Gasteiger partial charge < -0.3 is 9.64 Å². The molecule has 0 atom stereocenters. The summed E-state index contributed by atoms with van der Waals surface area (Å²) in [6, 6.07) is 6.12. The molecule has 0 N–H and O–H groups in total. The van der Waals surface area contributed by atoms with Crippen LogP contribution in [0.1, 0.15) is 37.2 Å².